The summed E-state index contributed by atoms with van der Waals surface area (Å²) in [6.45, 7) is 23.4. The van der Waals surface area contributed by atoms with Gasteiger partial charge in [0, 0.05) is 19.4 Å². The fourth-order valence-corrected chi connectivity index (χ4v) is 18.4. The van der Waals surface area contributed by atoms with Crippen LogP contribution < -0.4 is 10.4 Å². The Hall–Kier alpha value is -1.33. The zero-order valence-electron chi connectivity index (χ0n) is 28.4. The van der Waals surface area contributed by atoms with Crippen LogP contribution in [0.25, 0.3) is 0 Å². The highest BCUT2D eigenvalue weighted by Gasteiger charge is 2.57. The molecule has 0 aliphatic carbocycles. The number of hydrogen-bond donors (Lipinski definition) is 1. The molecule has 4 rings (SSSR count). The molecular weight excluding hydrogens is 569 g/mol. The van der Waals surface area contributed by atoms with Gasteiger partial charge in [-0.3, -0.25) is 0 Å². The SMILES string of the molecule is CC(C)[Si](O[C@@H]1C[C@@H](CCO[Si](c2ccccc2)(c2ccccc2)C(C)(C)C)O[C@@]2(CC[C@H](C)O2)[C@H]1O)(C(C)C)C(C)C. The van der Waals surface area contributed by atoms with Crippen LogP contribution in [0.1, 0.15) is 94.9 Å². The van der Waals surface area contributed by atoms with Crippen LogP contribution in [-0.4, -0.2) is 58.6 Å². The summed E-state index contributed by atoms with van der Waals surface area (Å²) in [7, 11) is -4.90. The van der Waals surface area contributed by atoms with Crippen molar-refractivity contribution in [1.82, 2.24) is 0 Å². The maximum Gasteiger partial charge on any atom is 0.261 e. The van der Waals surface area contributed by atoms with E-state index in [9.17, 15) is 5.11 Å². The Morgan fingerprint density at radius 3 is 1.79 bits per heavy atom. The van der Waals surface area contributed by atoms with Gasteiger partial charge in [0.15, 0.2) is 5.79 Å². The molecule has 0 radical (unpaired) electrons. The molecule has 240 valence electrons. The largest absolute Gasteiger partial charge is 0.410 e. The van der Waals surface area contributed by atoms with E-state index in [0.717, 1.165) is 12.8 Å². The van der Waals surface area contributed by atoms with Crippen molar-refractivity contribution in [3.63, 3.8) is 0 Å². The smallest absolute Gasteiger partial charge is 0.261 e. The molecule has 43 heavy (non-hydrogen) atoms. The van der Waals surface area contributed by atoms with Gasteiger partial charge >= 0.3 is 0 Å². The Labute approximate surface area is 263 Å². The first-order valence-electron chi connectivity index (χ1n) is 16.7. The minimum absolute atomic E-state index is 0.0460. The van der Waals surface area contributed by atoms with E-state index in [1.54, 1.807) is 0 Å². The van der Waals surface area contributed by atoms with Crippen LogP contribution in [0.15, 0.2) is 60.7 Å². The normalized spacial score (nSPS) is 27.1. The third-order valence-electron chi connectivity index (χ3n) is 10.2. The lowest BCUT2D eigenvalue weighted by molar-refractivity contribution is -0.330. The average Bonchev–Trinajstić information content (AvgIpc) is 3.32. The number of ether oxygens (including phenoxy) is 2. The fourth-order valence-electron chi connectivity index (χ4n) is 8.30. The summed E-state index contributed by atoms with van der Waals surface area (Å²) in [5, 5.41) is 14.3. The van der Waals surface area contributed by atoms with Crippen LogP contribution in [0.3, 0.4) is 0 Å². The van der Waals surface area contributed by atoms with Gasteiger partial charge in [-0.2, -0.15) is 0 Å². The van der Waals surface area contributed by atoms with Gasteiger partial charge in [0.1, 0.15) is 6.10 Å². The van der Waals surface area contributed by atoms with E-state index in [1.807, 2.05) is 0 Å². The molecule has 2 fully saturated rings. The summed E-state index contributed by atoms with van der Waals surface area (Å²) in [5.74, 6) is -1.02. The van der Waals surface area contributed by atoms with E-state index in [-0.39, 0.29) is 23.4 Å². The maximum atomic E-state index is 11.8. The maximum absolute atomic E-state index is 11.8. The highest BCUT2D eigenvalue weighted by Crippen LogP contribution is 2.48. The molecule has 0 bridgehead atoms. The predicted molar refractivity (Wildman–Crippen MR) is 182 cm³/mol. The number of hydrogen-bond acceptors (Lipinski definition) is 5. The highest BCUT2D eigenvalue weighted by molar-refractivity contribution is 6.99. The van der Waals surface area contributed by atoms with E-state index in [1.165, 1.54) is 10.4 Å². The van der Waals surface area contributed by atoms with Crippen molar-refractivity contribution in [2.45, 2.75) is 147 Å². The highest BCUT2D eigenvalue weighted by atomic mass is 28.4. The predicted octanol–water partition coefficient (Wildman–Crippen LogP) is 7.56. The van der Waals surface area contributed by atoms with Gasteiger partial charge in [-0.25, -0.2) is 0 Å². The lowest BCUT2D eigenvalue weighted by atomic mass is 9.92. The molecule has 2 aromatic carbocycles. The van der Waals surface area contributed by atoms with E-state index in [0.29, 0.717) is 36.1 Å². The quantitative estimate of drug-likeness (QED) is 0.261. The van der Waals surface area contributed by atoms with Gasteiger partial charge < -0.3 is 23.4 Å². The summed E-state index contributed by atoms with van der Waals surface area (Å²) in [6, 6.07) is 21.6. The molecule has 0 amide bonds. The fraction of sp³-hybridized carbons (Fsp3) is 0.667. The first kappa shape index (κ1) is 34.5. The van der Waals surface area contributed by atoms with E-state index >= 15 is 0 Å². The number of aliphatic hydroxyl groups excluding tert-OH is 1. The van der Waals surface area contributed by atoms with Crippen molar-refractivity contribution in [2.24, 2.45) is 0 Å². The van der Waals surface area contributed by atoms with Crippen LogP contribution in [-0.2, 0) is 18.3 Å². The molecule has 2 aliphatic heterocycles. The van der Waals surface area contributed by atoms with Gasteiger partial charge in [-0.1, -0.05) is 123 Å². The lowest BCUT2D eigenvalue weighted by Gasteiger charge is -2.51. The number of benzene rings is 2. The van der Waals surface area contributed by atoms with Crippen LogP contribution in [0.5, 0.6) is 0 Å². The molecule has 5 nitrogen and oxygen atoms in total. The van der Waals surface area contributed by atoms with Crippen molar-refractivity contribution in [1.29, 1.82) is 0 Å². The number of aliphatic hydroxyl groups is 1. The van der Waals surface area contributed by atoms with E-state index in [4.69, 9.17) is 18.3 Å². The second kappa shape index (κ2) is 13.6. The standard InChI is InChI=1S/C36H58O5Si2/c1-26(2)42(27(3)4,28(5)6)41-33-25-30(40-36(34(33)37)23-21-29(7)39-36)22-24-38-43(35(8,9)10,31-17-13-11-14-18-31)32-19-15-12-16-20-32/h11-20,26-30,33-34,37H,21-25H2,1-10H3/t29-,30+,33+,34-,36-/m0/s1. The Kier molecular flexibility index (Phi) is 10.9. The summed E-state index contributed by atoms with van der Waals surface area (Å²) in [5.41, 5.74) is 1.29. The molecule has 2 saturated heterocycles. The first-order valence-corrected chi connectivity index (χ1v) is 20.7. The molecule has 0 unspecified atom stereocenters. The van der Waals surface area contributed by atoms with Gasteiger partial charge in [0.2, 0.25) is 8.32 Å². The van der Waals surface area contributed by atoms with Gasteiger partial charge in [0.05, 0.1) is 18.3 Å². The average molecular weight is 627 g/mol. The van der Waals surface area contributed by atoms with E-state index in [2.05, 4.69) is 130 Å². The molecule has 7 heteroatoms. The molecule has 0 saturated carbocycles. The van der Waals surface area contributed by atoms with Gasteiger partial charge in [-0.05, 0) is 51.8 Å². The number of rotatable bonds is 11. The van der Waals surface area contributed by atoms with Crippen molar-refractivity contribution >= 4 is 27.0 Å². The van der Waals surface area contributed by atoms with Crippen molar-refractivity contribution < 1.29 is 23.4 Å². The van der Waals surface area contributed by atoms with Crippen molar-refractivity contribution in [3.8, 4) is 0 Å². The molecule has 2 aliphatic rings. The summed E-state index contributed by atoms with van der Waals surface area (Å²) in [6.07, 6.45) is 1.70. The minimum Gasteiger partial charge on any atom is -0.410 e. The van der Waals surface area contributed by atoms with Crippen LogP contribution in [0.4, 0.5) is 0 Å². The Bertz CT molecular complexity index is 1090. The summed E-state index contributed by atoms with van der Waals surface area (Å²) >= 11 is 0. The van der Waals surface area contributed by atoms with Crippen LogP contribution >= 0.6 is 0 Å². The second-order valence-corrected chi connectivity index (χ2v) is 24.7. The molecule has 2 heterocycles. The van der Waals surface area contributed by atoms with Crippen molar-refractivity contribution in [3.05, 3.63) is 60.7 Å². The van der Waals surface area contributed by atoms with E-state index < -0.39 is 28.5 Å². The third-order valence-corrected chi connectivity index (χ3v) is 21.4. The second-order valence-electron chi connectivity index (χ2n) is 15.0. The summed E-state index contributed by atoms with van der Waals surface area (Å²) in [4.78, 5) is 0. The molecule has 5 atom stereocenters. The Morgan fingerprint density at radius 2 is 1.37 bits per heavy atom. The molecule has 0 aromatic heterocycles. The lowest BCUT2D eigenvalue weighted by Crippen LogP contribution is -2.67. The molecule has 2 aromatic rings. The zero-order valence-corrected chi connectivity index (χ0v) is 30.4. The molecule has 1 spiro atoms. The minimum atomic E-state index is -2.66. The zero-order chi connectivity index (χ0) is 31.6. The van der Waals surface area contributed by atoms with Gasteiger partial charge in [-0.15, -0.1) is 0 Å². The van der Waals surface area contributed by atoms with Crippen LogP contribution in [0.2, 0.25) is 21.7 Å². The Balaban J connectivity index is 1.64. The Morgan fingerprint density at radius 1 is 0.860 bits per heavy atom. The van der Waals surface area contributed by atoms with Crippen molar-refractivity contribution in [2.75, 3.05) is 6.61 Å². The van der Waals surface area contributed by atoms with Crippen LogP contribution in [0, 0.1) is 0 Å². The monoisotopic (exact) mass is 626 g/mol. The molecular formula is C36H58O5Si2. The summed E-state index contributed by atoms with van der Waals surface area (Å²) < 4.78 is 27.7. The molecule has 1 N–H and O–H groups in total. The topological polar surface area (TPSA) is 57.2 Å². The first-order chi connectivity index (χ1) is 20.2. The van der Waals surface area contributed by atoms with Gasteiger partial charge in [0.25, 0.3) is 8.32 Å². The third kappa shape index (κ3) is 6.65.